The molecule has 1 rings (SSSR count). The lowest BCUT2D eigenvalue weighted by atomic mass is 10.2. The standard InChI is InChI=1S/C9H13NO4S2/c1-4-6-5-7(15-8(6)9(11)12)16(13,14)10(2)3/h5H,4H2,1-3H3,(H,11,12). The normalized spacial score (nSPS) is 12.0. The molecule has 0 aliphatic carbocycles. The van der Waals surface area contributed by atoms with Crippen molar-refractivity contribution in [3.8, 4) is 0 Å². The third-order valence-corrected chi connectivity index (χ3v) is 5.53. The van der Waals surface area contributed by atoms with E-state index >= 15 is 0 Å². The highest BCUT2D eigenvalue weighted by molar-refractivity contribution is 7.91. The lowest BCUT2D eigenvalue weighted by molar-refractivity contribution is 0.0701. The number of aromatic carboxylic acids is 1. The number of thiophene rings is 1. The number of sulfonamides is 1. The van der Waals surface area contributed by atoms with Gasteiger partial charge in [0.1, 0.15) is 9.09 Å². The van der Waals surface area contributed by atoms with Gasteiger partial charge in [0.25, 0.3) is 10.0 Å². The van der Waals surface area contributed by atoms with Crippen molar-refractivity contribution in [2.75, 3.05) is 14.1 Å². The lowest BCUT2D eigenvalue weighted by Crippen LogP contribution is -2.21. The van der Waals surface area contributed by atoms with Gasteiger partial charge in [-0.05, 0) is 18.1 Å². The average molecular weight is 263 g/mol. The van der Waals surface area contributed by atoms with Crippen molar-refractivity contribution in [2.24, 2.45) is 0 Å². The van der Waals surface area contributed by atoms with E-state index in [1.54, 1.807) is 6.92 Å². The van der Waals surface area contributed by atoms with Crippen LogP contribution in [0.5, 0.6) is 0 Å². The zero-order valence-electron chi connectivity index (χ0n) is 9.22. The first-order valence-corrected chi connectivity index (χ1v) is 6.85. The summed E-state index contributed by atoms with van der Waals surface area (Å²) in [7, 11) is -0.698. The Morgan fingerprint density at radius 3 is 2.38 bits per heavy atom. The summed E-state index contributed by atoms with van der Waals surface area (Å²) in [6.07, 6.45) is 0.501. The van der Waals surface area contributed by atoms with Crippen LogP contribution in [0.25, 0.3) is 0 Å². The van der Waals surface area contributed by atoms with Crippen molar-refractivity contribution in [1.29, 1.82) is 0 Å². The monoisotopic (exact) mass is 263 g/mol. The van der Waals surface area contributed by atoms with Gasteiger partial charge in [0.2, 0.25) is 0 Å². The van der Waals surface area contributed by atoms with Gasteiger partial charge in [0.15, 0.2) is 0 Å². The number of rotatable bonds is 4. The molecule has 1 aromatic rings. The molecule has 1 heterocycles. The van der Waals surface area contributed by atoms with E-state index in [-0.39, 0.29) is 9.09 Å². The molecule has 0 aromatic carbocycles. The number of hydrogen-bond donors (Lipinski definition) is 1. The summed E-state index contributed by atoms with van der Waals surface area (Å²) < 4.78 is 24.7. The van der Waals surface area contributed by atoms with Gasteiger partial charge in [0, 0.05) is 14.1 Å². The van der Waals surface area contributed by atoms with Crippen LogP contribution in [0.4, 0.5) is 0 Å². The molecule has 0 amide bonds. The minimum atomic E-state index is -3.53. The Bertz CT molecular complexity index is 502. The first-order valence-electron chi connectivity index (χ1n) is 4.59. The Balaban J connectivity index is 3.34. The fourth-order valence-electron chi connectivity index (χ4n) is 1.15. The second-order valence-electron chi connectivity index (χ2n) is 3.37. The molecule has 1 aromatic heterocycles. The second-order valence-corrected chi connectivity index (χ2v) is 6.80. The van der Waals surface area contributed by atoms with Gasteiger partial charge in [-0.15, -0.1) is 11.3 Å². The molecule has 0 saturated carbocycles. The topological polar surface area (TPSA) is 74.7 Å². The van der Waals surface area contributed by atoms with Crippen LogP contribution < -0.4 is 0 Å². The lowest BCUT2D eigenvalue weighted by Gasteiger charge is -2.08. The van der Waals surface area contributed by atoms with Crippen molar-refractivity contribution >= 4 is 27.3 Å². The fourth-order valence-corrected chi connectivity index (χ4v) is 3.75. The van der Waals surface area contributed by atoms with E-state index in [0.29, 0.717) is 12.0 Å². The van der Waals surface area contributed by atoms with E-state index < -0.39 is 16.0 Å². The maximum Gasteiger partial charge on any atom is 0.346 e. The summed E-state index contributed by atoms with van der Waals surface area (Å²) in [5.74, 6) is -1.08. The fraction of sp³-hybridized carbons (Fsp3) is 0.444. The molecule has 0 atom stereocenters. The first-order chi connectivity index (χ1) is 7.30. The number of carbonyl (C=O) groups is 1. The first kappa shape index (κ1) is 13.1. The van der Waals surface area contributed by atoms with Gasteiger partial charge in [-0.25, -0.2) is 17.5 Å². The highest BCUT2D eigenvalue weighted by atomic mass is 32.2. The highest BCUT2D eigenvalue weighted by Gasteiger charge is 2.24. The van der Waals surface area contributed by atoms with E-state index in [1.165, 1.54) is 20.2 Å². The summed E-state index contributed by atoms with van der Waals surface area (Å²) in [5, 5.41) is 8.92. The van der Waals surface area contributed by atoms with Crippen molar-refractivity contribution in [1.82, 2.24) is 4.31 Å². The summed E-state index contributed by atoms with van der Waals surface area (Å²) >= 11 is 0.798. The van der Waals surface area contributed by atoms with Crippen LogP contribution in [0, 0.1) is 0 Å². The maximum absolute atomic E-state index is 11.8. The van der Waals surface area contributed by atoms with Crippen LogP contribution in [0.1, 0.15) is 22.2 Å². The Hall–Kier alpha value is -0.920. The van der Waals surface area contributed by atoms with Gasteiger partial charge in [-0.3, -0.25) is 0 Å². The second kappa shape index (κ2) is 4.52. The predicted octanol–water partition coefficient (Wildman–Crippen LogP) is 1.26. The molecular weight excluding hydrogens is 250 g/mol. The maximum atomic E-state index is 11.8. The molecule has 5 nitrogen and oxygen atoms in total. The molecule has 0 radical (unpaired) electrons. The molecule has 0 unspecified atom stereocenters. The molecule has 7 heteroatoms. The number of hydrogen-bond acceptors (Lipinski definition) is 4. The zero-order chi connectivity index (χ0) is 12.5. The Morgan fingerprint density at radius 2 is 2.06 bits per heavy atom. The molecule has 0 spiro atoms. The third kappa shape index (κ3) is 2.26. The Labute approximate surface area is 98.4 Å². The van der Waals surface area contributed by atoms with E-state index in [1.807, 2.05) is 0 Å². The van der Waals surface area contributed by atoms with Crippen molar-refractivity contribution in [2.45, 2.75) is 17.6 Å². The van der Waals surface area contributed by atoms with Crippen LogP contribution in [0.2, 0.25) is 0 Å². The van der Waals surface area contributed by atoms with Crippen molar-refractivity contribution < 1.29 is 18.3 Å². The molecule has 0 bridgehead atoms. The summed E-state index contributed by atoms with van der Waals surface area (Å²) in [4.78, 5) is 11.0. The smallest absolute Gasteiger partial charge is 0.346 e. The number of carboxylic acids is 1. The van der Waals surface area contributed by atoms with Crippen LogP contribution in [0.3, 0.4) is 0 Å². The molecule has 0 fully saturated rings. The average Bonchev–Trinajstić information content (AvgIpc) is 2.61. The molecule has 0 aliphatic rings. The quantitative estimate of drug-likeness (QED) is 0.887. The number of aryl methyl sites for hydroxylation is 1. The van der Waals surface area contributed by atoms with Crippen LogP contribution >= 0.6 is 11.3 Å². The Morgan fingerprint density at radius 1 is 1.50 bits per heavy atom. The summed E-state index contributed by atoms with van der Waals surface area (Å²) in [6.45, 7) is 1.79. The van der Waals surface area contributed by atoms with Crippen molar-refractivity contribution in [3.63, 3.8) is 0 Å². The summed E-state index contributed by atoms with van der Waals surface area (Å²) in [5.41, 5.74) is 0.554. The minimum Gasteiger partial charge on any atom is -0.477 e. The van der Waals surface area contributed by atoms with Gasteiger partial charge in [-0.1, -0.05) is 6.92 Å². The van der Waals surface area contributed by atoms with Gasteiger partial charge in [0.05, 0.1) is 0 Å². The van der Waals surface area contributed by atoms with Crippen LogP contribution in [0.15, 0.2) is 10.3 Å². The third-order valence-electron chi connectivity index (χ3n) is 2.10. The number of carboxylic acid groups (broad SMARTS) is 1. The van der Waals surface area contributed by atoms with Crippen LogP contribution in [-0.2, 0) is 16.4 Å². The molecule has 16 heavy (non-hydrogen) atoms. The molecule has 90 valence electrons. The predicted molar refractivity (Wildman–Crippen MR) is 61.5 cm³/mol. The molecule has 0 saturated heterocycles. The highest BCUT2D eigenvalue weighted by Crippen LogP contribution is 2.28. The molecule has 0 aliphatic heterocycles. The zero-order valence-corrected chi connectivity index (χ0v) is 10.9. The minimum absolute atomic E-state index is 0.0757. The van der Waals surface area contributed by atoms with Crippen LogP contribution in [-0.4, -0.2) is 37.9 Å². The van der Waals surface area contributed by atoms with Gasteiger partial charge < -0.3 is 5.11 Å². The Kier molecular flexibility index (Phi) is 3.72. The van der Waals surface area contributed by atoms with E-state index in [2.05, 4.69) is 0 Å². The van der Waals surface area contributed by atoms with Gasteiger partial charge in [-0.2, -0.15) is 0 Å². The largest absolute Gasteiger partial charge is 0.477 e. The number of nitrogens with zero attached hydrogens (tertiary/aromatic N) is 1. The van der Waals surface area contributed by atoms with Gasteiger partial charge >= 0.3 is 5.97 Å². The molecule has 1 N–H and O–H groups in total. The summed E-state index contributed by atoms with van der Waals surface area (Å²) in [6, 6.07) is 1.43. The van der Waals surface area contributed by atoms with E-state index in [0.717, 1.165) is 15.6 Å². The molecular formula is C9H13NO4S2. The van der Waals surface area contributed by atoms with Crippen molar-refractivity contribution in [3.05, 3.63) is 16.5 Å². The van der Waals surface area contributed by atoms with E-state index in [4.69, 9.17) is 5.11 Å². The SMILES string of the molecule is CCc1cc(S(=O)(=O)N(C)C)sc1C(=O)O. The van der Waals surface area contributed by atoms with E-state index in [9.17, 15) is 13.2 Å².